The summed E-state index contributed by atoms with van der Waals surface area (Å²) in [5.74, 6) is 0.157. The average Bonchev–Trinajstić information content (AvgIpc) is 2.47. The lowest BCUT2D eigenvalue weighted by atomic mass is 10.3. The van der Waals surface area contributed by atoms with Crippen LogP contribution < -0.4 is 5.73 Å². The number of nitrogens with two attached hydrogens (primary N) is 1. The van der Waals surface area contributed by atoms with Crippen molar-refractivity contribution >= 4 is 5.91 Å². The van der Waals surface area contributed by atoms with Gasteiger partial charge in [0.05, 0.1) is 13.0 Å². The van der Waals surface area contributed by atoms with Gasteiger partial charge in [0.25, 0.3) is 0 Å². The smallest absolute Gasteiger partial charge is 0.224 e. The minimum Gasteiger partial charge on any atom is -0.384 e. The lowest BCUT2D eigenvalue weighted by molar-refractivity contribution is -0.131. The number of methoxy groups -OCH3 is 1. The second-order valence-electron chi connectivity index (χ2n) is 3.13. The zero-order chi connectivity index (χ0) is 8.97. The van der Waals surface area contributed by atoms with Crippen LogP contribution in [0.4, 0.5) is 0 Å². The molecule has 0 saturated carbocycles. The Morgan fingerprint density at radius 3 is 3.00 bits per heavy atom. The molecule has 0 unspecified atom stereocenters. The normalized spacial score (nSPS) is 23.2. The summed E-state index contributed by atoms with van der Waals surface area (Å²) in [5.41, 5.74) is 5.67. The quantitative estimate of drug-likeness (QED) is 0.629. The molecule has 0 radical (unpaired) electrons. The third-order valence-corrected chi connectivity index (χ3v) is 2.10. The van der Waals surface area contributed by atoms with Gasteiger partial charge in [0.1, 0.15) is 0 Å². The van der Waals surface area contributed by atoms with Crippen molar-refractivity contribution in [3.8, 4) is 0 Å². The van der Waals surface area contributed by atoms with Gasteiger partial charge < -0.3 is 15.4 Å². The summed E-state index contributed by atoms with van der Waals surface area (Å²) in [4.78, 5) is 13.1. The van der Waals surface area contributed by atoms with E-state index in [2.05, 4.69) is 0 Å². The topological polar surface area (TPSA) is 55.6 Å². The number of hydrogen-bond acceptors (Lipinski definition) is 3. The summed E-state index contributed by atoms with van der Waals surface area (Å²) in [7, 11) is 1.60. The Kier molecular flexibility index (Phi) is 3.49. The van der Waals surface area contributed by atoms with E-state index in [4.69, 9.17) is 10.5 Å². The number of nitrogens with zero attached hydrogens (tertiary/aromatic N) is 1. The van der Waals surface area contributed by atoms with Crippen LogP contribution in [0.1, 0.15) is 12.8 Å². The summed E-state index contributed by atoms with van der Waals surface area (Å²) in [6.45, 7) is 2.02. The maximum absolute atomic E-state index is 11.3. The van der Waals surface area contributed by atoms with Crippen LogP contribution >= 0.6 is 0 Å². The Morgan fingerprint density at radius 2 is 2.50 bits per heavy atom. The van der Waals surface area contributed by atoms with Crippen molar-refractivity contribution in [3.05, 3.63) is 0 Å². The van der Waals surface area contributed by atoms with Gasteiger partial charge in [-0.25, -0.2) is 0 Å². The molecule has 4 nitrogen and oxygen atoms in total. The van der Waals surface area contributed by atoms with Crippen molar-refractivity contribution in [1.29, 1.82) is 0 Å². The number of carbonyl (C=O) groups excluding carboxylic acids is 1. The predicted octanol–water partition coefficient (Wildman–Crippen LogP) is -0.417. The number of amides is 1. The van der Waals surface area contributed by atoms with E-state index >= 15 is 0 Å². The average molecular weight is 172 g/mol. The Hall–Kier alpha value is -0.610. The summed E-state index contributed by atoms with van der Waals surface area (Å²) >= 11 is 0. The van der Waals surface area contributed by atoms with E-state index < -0.39 is 0 Å². The fourth-order valence-corrected chi connectivity index (χ4v) is 1.36. The van der Waals surface area contributed by atoms with Gasteiger partial charge in [-0.2, -0.15) is 0 Å². The molecule has 1 aliphatic rings. The summed E-state index contributed by atoms with van der Waals surface area (Å²) < 4.78 is 4.82. The van der Waals surface area contributed by atoms with E-state index in [1.54, 1.807) is 7.11 Å². The van der Waals surface area contributed by atoms with Crippen LogP contribution in [-0.2, 0) is 9.53 Å². The van der Waals surface area contributed by atoms with E-state index in [1.807, 2.05) is 4.90 Å². The highest BCUT2D eigenvalue weighted by Crippen LogP contribution is 2.08. The molecule has 1 atom stereocenters. The fourth-order valence-electron chi connectivity index (χ4n) is 1.36. The van der Waals surface area contributed by atoms with Crippen molar-refractivity contribution in [2.45, 2.75) is 18.9 Å². The van der Waals surface area contributed by atoms with Gasteiger partial charge in [0, 0.05) is 26.2 Å². The van der Waals surface area contributed by atoms with Crippen LogP contribution in [0.25, 0.3) is 0 Å². The minimum absolute atomic E-state index is 0.157. The first-order chi connectivity index (χ1) is 5.74. The van der Waals surface area contributed by atoms with Crippen molar-refractivity contribution in [2.75, 3.05) is 26.8 Å². The predicted molar refractivity (Wildman–Crippen MR) is 45.7 cm³/mol. The van der Waals surface area contributed by atoms with Crippen LogP contribution in [-0.4, -0.2) is 43.7 Å². The van der Waals surface area contributed by atoms with E-state index in [9.17, 15) is 4.79 Å². The van der Waals surface area contributed by atoms with Crippen LogP contribution in [0.2, 0.25) is 0 Å². The van der Waals surface area contributed by atoms with Crippen LogP contribution in [0, 0.1) is 0 Å². The number of hydrogen-bond donors (Lipinski definition) is 1. The lowest BCUT2D eigenvalue weighted by Crippen LogP contribution is -2.32. The molecule has 1 fully saturated rings. The van der Waals surface area contributed by atoms with Crippen molar-refractivity contribution in [3.63, 3.8) is 0 Å². The largest absolute Gasteiger partial charge is 0.384 e. The second-order valence-corrected chi connectivity index (χ2v) is 3.13. The van der Waals surface area contributed by atoms with E-state index in [1.165, 1.54) is 0 Å². The van der Waals surface area contributed by atoms with Crippen LogP contribution in [0.3, 0.4) is 0 Å². The fraction of sp³-hybridized carbons (Fsp3) is 0.875. The Balaban J connectivity index is 2.23. The summed E-state index contributed by atoms with van der Waals surface area (Å²) in [6, 6.07) is 0.177. The number of rotatable bonds is 3. The molecular weight excluding hydrogens is 156 g/mol. The number of carbonyl (C=O) groups is 1. The molecule has 70 valence electrons. The van der Waals surface area contributed by atoms with E-state index in [0.29, 0.717) is 19.6 Å². The van der Waals surface area contributed by atoms with Gasteiger partial charge in [-0.1, -0.05) is 0 Å². The maximum atomic E-state index is 11.3. The Bertz CT molecular complexity index is 161. The van der Waals surface area contributed by atoms with E-state index in [0.717, 1.165) is 13.0 Å². The molecule has 12 heavy (non-hydrogen) atoms. The highest BCUT2D eigenvalue weighted by molar-refractivity contribution is 5.76. The van der Waals surface area contributed by atoms with Gasteiger partial charge in [-0.05, 0) is 6.42 Å². The molecule has 2 N–H and O–H groups in total. The highest BCUT2D eigenvalue weighted by atomic mass is 16.5. The zero-order valence-corrected chi connectivity index (χ0v) is 7.45. The monoisotopic (exact) mass is 172 g/mol. The Morgan fingerprint density at radius 1 is 1.75 bits per heavy atom. The molecule has 0 aromatic rings. The maximum Gasteiger partial charge on any atom is 0.224 e. The molecule has 1 amide bonds. The molecule has 0 aromatic carbocycles. The third-order valence-electron chi connectivity index (χ3n) is 2.10. The van der Waals surface area contributed by atoms with Crippen molar-refractivity contribution in [1.82, 2.24) is 4.90 Å². The standard InChI is InChI=1S/C8H16N2O2/c1-12-5-3-8(11)10-4-2-7(9)6-10/h7H,2-6,9H2,1H3/t7-/m0/s1. The first-order valence-corrected chi connectivity index (χ1v) is 4.26. The van der Waals surface area contributed by atoms with Gasteiger partial charge in [-0.15, -0.1) is 0 Å². The SMILES string of the molecule is COCCC(=O)N1CC[C@H](N)C1. The molecule has 4 heteroatoms. The Labute approximate surface area is 72.7 Å². The molecule has 1 aliphatic heterocycles. The zero-order valence-electron chi connectivity index (χ0n) is 7.45. The molecule has 0 aromatic heterocycles. The van der Waals surface area contributed by atoms with Crippen LogP contribution in [0.15, 0.2) is 0 Å². The number of ether oxygens (including phenoxy) is 1. The van der Waals surface area contributed by atoms with E-state index in [-0.39, 0.29) is 11.9 Å². The number of likely N-dealkylation sites (tertiary alicyclic amines) is 1. The molecule has 1 saturated heterocycles. The van der Waals surface area contributed by atoms with Gasteiger partial charge in [-0.3, -0.25) is 4.79 Å². The first kappa shape index (κ1) is 9.48. The molecule has 1 rings (SSSR count). The molecule has 0 aliphatic carbocycles. The van der Waals surface area contributed by atoms with Gasteiger partial charge >= 0.3 is 0 Å². The van der Waals surface area contributed by atoms with Gasteiger partial charge in [0.2, 0.25) is 5.91 Å². The van der Waals surface area contributed by atoms with Crippen molar-refractivity contribution < 1.29 is 9.53 Å². The highest BCUT2D eigenvalue weighted by Gasteiger charge is 2.22. The molecule has 0 spiro atoms. The summed E-state index contributed by atoms with van der Waals surface area (Å²) in [6.07, 6.45) is 1.40. The lowest BCUT2D eigenvalue weighted by Gasteiger charge is -2.14. The third kappa shape index (κ3) is 2.46. The molecular formula is C8H16N2O2. The van der Waals surface area contributed by atoms with Crippen molar-refractivity contribution in [2.24, 2.45) is 5.73 Å². The van der Waals surface area contributed by atoms with Gasteiger partial charge in [0.15, 0.2) is 0 Å². The second kappa shape index (κ2) is 4.42. The molecule has 1 heterocycles. The molecule has 0 bridgehead atoms. The first-order valence-electron chi connectivity index (χ1n) is 4.26. The van der Waals surface area contributed by atoms with Crippen LogP contribution in [0.5, 0.6) is 0 Å². The summed E-state index contributed by atoms with van der Waals surface area (Å²) in [5, 5.41) is 0. The minimum atomic E-state index is 0.157.